The number of nitrogens with zero attached hydrogens (tertiary/aromatic N) is 4. The first-order valence-corrected chi connectivity index (χ1v) is 18.5. The van der Waals surface area contributed by atoms with E-state index in [1.54, 1.807) is 0 Å². The number of benzene rings is 8. The Bertz CT molecular complexity index is 2880. The van der Waals surface area contributed by atoms with Crippen molar-refractivity contribution < 1.29 is 0 Å². The van der Waals surface area contributed by atoms with Gasteiger partial charge in [-0.3, -0.25) is 4.57 Å². The van der Waals surface area contributed by atoms with Crippen molar-refractivity contribution in [1.29, 1.82) is 0 Å². The Hall–Kier alpha value is -7.43. The number of imidazole rings is 1. The van der Waals surface area contributed by atoms with Crippen molar-refractivity contribution in [3.8, 4) is 73.0 Å². The lowest BCUT2D eigenvalue weighted by Gasteiger charge is -2.12. The lowest BCUT2D eigenvalue weighted by molar-refractivity contribution is 1.09. The van der Waals surface area contributed by atoms with E-state index in [4.69, 9.17) is 15.0 Å². The van der Waals surface area contributed by atoms with Crippen LogP contribution in [-0.4, -0.2) is 19.5 Å². The first-order valence-electron chi connectivity index (χ1n) is 18.5. The van der Waals surface area contributed by atoms with Crippen LogP contribution in [0.4, 0.5) is 0 Å². The SMILES string of the molecule is c1ccc(-c2cc(-c3ccccc3)nc(-c3ccc(-c4cccc5ccc(-c6ccc(-c7ccc8c(c7)ncn8-c7ccccc7)cc6)cc45)cc3)n2)cc1. The van der Waals surface area contributed by atoms with E-state index in [2.05, 4.69) is 162 Å². The summed E-state index contributed by atoms with van der Waals surface area (Å²) in [6.45, 7) is 0. The van der Waals surface area contributed by atoms with Crippen molar-refractivity contribution in [3.63, 3.8) is 0 Å². The molecule has 4 nitrogen and oxygen atoms in total. The minimum Gasteiger partial charge on any atom is -0.299 e. The molecule has 0 bridgehead atoms. The zero-order chi connectivity index (χ0) is 36.6. The highest BCUT2D eigenvalue weighted by atomic mass is 15.0. The molecule has 55 heavy (non-hydrogen) atoms. The second-order valence-corrected chi connectivity index (χ2v) is 13.7. The Morgan fingerprint density at radius 2 is 0.909 bits per heavy atom. The summed E-state index contributed by atoms with van der Waals surface area (Å²) >= 11 is 0. The molecule has 0 aliphatic carbocycles. The van der Waals surface area contributed by atoms with Crippen molar-refractivity contribution in [2.24, 2.45) is 0 Å². The average molecular weight is 703 g/mol. The molecule has 0 aliphatic heterocycles. The van der Waals surface area contributed by atoms with Crippen LogP contribution in [0.25, 0.3) is 94.8 Å². The zero-order valence-electron chi connectivity index (χ0n) is 29.9. The Balaban J connectivity index is 0.952. The fourth-order valence-corrected chi connectivity index (χ4v) is 7.43. The average Bonchev–Trinajstić information content (AvgIpc) is 3.70. The van der Waals surface area contributed by atoms with Crippen LogP contribution in [0.15, 0.2) is 207 Å². The number of hydrogen-bond donors (Lipinski definition) is 0. The summed E-state index contributed by atoms with van der Waals surface area (Å²) in [7, 11) is 0. The van der Waals surface area contributed by atoms with Crippen molar-refractivity contribution in [1.82, 2.24) is 19.5 Å². The molecule has 0 aliphatic rings. The Labute approximate surface area is 319 Å². The Morgan fingerprint density at radius 3 is 1.56 bits per heavy atom. The molecule has 10 rings (SSSR count). The standard InChI is InChI=1S/C51H34N4/c1-4-11-39(12-5-1)47-33-48(40-13-6-2-7-14-40)54-51(53-47)41-26-23-38(24-27-41)45-18-10-15-37-25-28-42(31-46(37)45)35-19-21-36(22-20-35)43-29-30-50-49(32-43)52-34-55(50)44-16-8-3-9-17-44/h1-34H. The third-order valence-electron chi connectivity index (χ3n) is 10.3. The molecule has 0 saturated heterocycles. The minimum atomic E-state index is 0.706. The predicted octanol–water partition coefficient (Wildman–Crippen LogP) is 13.0. The molecule has 4 heteroatoms. The second-order valence-electron chi connectivity index (χ2n) is 13.7. The van der Waals surface area contributed by atoms with Gasteiger partial charge in [0.1, 0.15) is 6.33 Å². The fourth-order valence-electron chi connectivity index (χ4n) is 7.43. The number of para-hydroxylation sites is 1. The van der Waals surface area contributed by atoms with Crippen molar-refractivity contribution in [2.45, 2.75) is 0 Å². The van der Waals surface area contributed by atoms with E-state index in [9.17, 15) is 0 Å². The third-order valence-corrected chi connectivity index (χ3v) is 10.3. The lowest BCUT2D eigenvalue weighted by Crippen LogP contribution is -1.96. The van der Waals surface area contributed by atoms with Gasteiger partial charge in [-0.05, 0) is 80.6 Å². The molecule has 2 aromatic heterocycles. The summed E-state index contributed by atoms with van der Waals surface area (Å²) in [6.07, 6.45) is 1.90. The van der Waals surface area contributed by atoms with E-state index in [1.165, 1.54) is 27.5 Å². The van der Waals surface area contributed by atoms with E-state index in [0.717, 1.165) is 61.5 Å². The Morgan fingerprint density at radius 1 is 0.364 bits per heavy atom. The second kappa shape index (κ2) is 13.8. The van der Waals surface area contributed by atoms with Crippen molar-refractivity contribution in [3.05, 3.63) is 207 Å². The van der Waals surface area contributed by atoms with E-state index < -0.39 is 0 Å². The van der Waals surface area contributed by atoms with Gasteiger partial charge in [-0.1, -0.05) is 164 Å². The molecule has 0 saturated carbocycles. The van der Waals surface area contributed by atoms with Crippen LogP contribution in [0.3, 0.4) is 0 Å². The third kappa shape index (κ3) is 6.26. The van der Waals surface area contributed by atoms with Gasteiger partial charge in [0.05, 0.1) is 22.4 Å². The molecule has 0 spiro atoms. The highest BCUT2D eigenvalue weighted by Crippen LogP contribution is 2.35. The lowest BCUT2D eigenvalue weighted by atomic mass is 9.93. The molecule has 8 aromatic carbocycles. The predicted molar refractivity (Wildman–Crippen MR) is 227 cm³/mol. The van der Waals surface area contributed by atoms with E-state index >= 15 is 0 Å². The molecule has 10 aromatic rings. The summed E-state index contributed by atoms with van der Waals surface area (Å²) in [4.78, 5) is 14.8. The van der Waals surface area contributed by atoms with Crippen LogP contribution in [0, 0.1) is 0 Å². The van der Waals surface area contributed by atoms with E-state index in [0.29, 0.717) is 5.82 Å². The van der Waals surface area contributed by atoms with Gasteiger partial charge in [-0.2, -0.15) is 0 Å². The highest BCUT2D eigenvalue weighted by molar-refractivity contribution is 5.99. The minimum absolute atomic E-state index is 0.706. The van der Waals surface area contributed by atoms with Gasteiger partial charge in [0.25, 0.3) is 0 Å². The van der Waals surface area contributed by atoms with E-state index in [1.807, 2.05) is 48.8 Å². The summed E-state index contributed by atoms with van der Waals surface area (Å²) in [6, 6.07) is 70.3. The van der Waals surface area contributed by atoms with Gasteiger partial charge in [0.15, 0.2) is 5.82 Å². The van der Waals surface area contributed by atoms with Crippen LogP contribution >= 0.6 is 0 Å². The van der Waals surface area contributed by atoms with Crippen LogP contribution in [0.1, 0.15) is 0 Å². The monoisotopic (exact) mass is 702 g/mol. The van der Waals surface area contributed by atoms with Crippen LogP contribution in [-0.2, 0) is 0 Å². The topological polar surface area (TPSA) is 43.6 Å². The van der Waals surface area contributed by atoms with Crippen molar-refractivity contribution >= 4 is 21.8 Å². The molecule has 0 amide bonds. The fraction of sp³-hybridized carbons (Fsp3) is 0. The molecule has 0 unspecified atom stereocenters. The number of hydrogen-bond acceptors (Lipinski definition) is 3. The zero-order valence-corrected chi connectivity index (χ0v) is 29.9. The largest absolute Gasteiger partial charge is 0.299 e. The molecular weight excluding hydrogens is 669 g/mol. The molecule has 258 valence electrons. The molecular formula is C51H34N4. The molecule has 0 N–H and O–H groups in total. The van der Waals surface area contributed by atoms with Gasteiger partial charge in [0, 0.05) is 22.4 Å². The summed E-state index contributed by atoms with van der Waals surface area (Å²) in [5, 5.41) is 2.42. The first kappa shape index (κ1) is 32.2. The molecule has 2 heterocycles. The summed E-state index contributed by atoms with van der Waals surface area (Å²) < 4.78 is 2.13. The highest BCUT2D eigenvalue weighted by Gasteiger charge is 2.13. The maximum Gasteiger partial charge on any atom is 0.160 e. The van der Waals surface area contributed by atoms with Gasteiger partial charge in [0.2, 0.25) is 0 Å². The van der Waals surface area contributed by atoms with Crippen LogP contribution in [0.2, 0.25) is 0 Å². The van der Waals surface area contributed by atoms with Crippen molar-refractivity contribution in [2.75, 3.05) is 0 Å². The smallest absolute Gasteiger partial charge is 0.160 e. The van der Waals surface area contributed by atoms with Gasteiger partial charge < -0.3 is 0 Å². The summed E-state index contributed by atoms with van der Waals surface area (Å²) in [5.41, 5.74) is 15.1. The van der Waals surface area contributed by atoms with Gasteiger partial charge >= 0.3 is 0 Å². The summed E-state index contributed by atoms with van der Waals surface area (Å²) in [5.74, 6) is 0.706. The maximum absolute atomic E-state index is 5.03. The first-order chi connectivity index (χ1) is 27.2. The Kier molecular flexibility index (Phi) is 8.12. The number of fused-ring (bicyclic) bond motifs is 2. The van der Waals surface area contributed by atoms with Gasteiger partial charge in [-0.15, -0.1) is 0 Å². The maximum atomic E-state index is 5.03. The van der Waals surface area contributed by atoms with E-state index in [-0.39, 0.29) is 0 Å². The van der Waals surface area contributed by atoms with Crippen LogP contribution in [0.5, 0.6) is 0 Å². The number of rotatable bonds is 7. The number of aromatic nitrogens is 4. The quantitative estimate of drug-likeness (QED) is 0.166. The van der Waals surface area contributed by atoms with Crippen LogP contribution < -0.4 is 0 Å². The molecule has 0 fully saturated rings. The normalized spacial score (nSPS) is 11.3. The molecule has 0 radical (unpaired) electrons. The van der Waals surface area contributed by atoms with Gasteiger partial charge in [-0.25, -0.2) is 15.0 Å². The molecule has 0 atom stereocenters.